The lowest BCUT2D eigenvalue weighted by atomic mass is 9.61. The summed E-state index contributed by atoms with van der Waals surface area (Å²) >= 11 is 0. The summed E-state index contributed by atoms with van der Waals surface area (Å²) in [5, 5.41) is 12.9. The number of rotatable bonds is 7. The van der Waals surface area contributed by atoms with E-state index in [1.54, 1.807) is 6.92 Å². The first-order valence-corrected chi connectivity index (χ1v) is 14.6. The molecule has 3 aliphatic rings. The smallest absolute Gasteiger partial charge is 0.417 e. The number of esters is 1. The molecular weight excluding hydrogens is 573 g/mol. The fourth-order valence-electron chi connectivity index (χ4n) is 6.02. The number of anilines is 1. The first kappa shape index (κ1) is 29.2. The molecule has 220 valence electrons. The highest BCUT2D eigenvalue weighted by Crippen LogP contribution is 2.46. The fourth-order valence-corrected chi connectivity index (χ4v) is 7.20. The van der Waals surface area contributed by atoms with Crippen molar-refractivity contribution in [1.82, 2.24) is 18.9 Å². The highest BCUT2D eigenvalue weighted by molar-refractivity contribution is 7.94. The van der Waals surface area contributed by atoms with Gasteiger partial charge in [0.2, 0.25) is 5.95 Å². The van der Waals surface area contributed by atoms with Crippen LogP contribution >= 0.6 is 0 Å². The van der Waals surface area contributed by atoms with Crippen LogP contribution in [0.4, 0.5) is 19.1 Å². The van der Waals surface area contributed by atoms with Gasteiger partial charge in [-0.25, -0.2) is 27.3 Å². The second kappa shape index (κ2) is 10.9. The molecule has 0 aliphatic heterocycles. The largest absolute Gasteiger partial charge is 0.469 e. The van der Waals surface area contributed by atoms with Crippen molar-refractivity contribution in [2.45, 2.75) is 44.8 Å². The molecule has 42 heavy (non-hydrogen) atoms. The molecule has 0 saturated heterocycles. The summed E-state index contributed by atoms with van der Waals surface area (Å²) in [4.78, 5) is 24.9. The van der Waals surface area contributed by atoms with Crippen molar-refractivity contribution < 1.29 is 31.1 Å². The van der Waals surface area contributed by atoms with Crippen LogP contribution < -0.4 is 5.32 Å². The Morgan fingerprint density at radius 1 is 1.21 bits per heavy atom. The van der Waals surface area contributed by atoms with Crippen LogP contribution in [0.25, 0.3) is 22.3 Å². The summed E-state index contributed by atoms with van der Waals surface area (Å²) in [6.45, 7) is 5.16. The summed E-state index contributed by atoms with van der Waals surface area (Å²) < 4.78 is 73.5. The number of aromatic nitrogens is 4. The van der Waals surface area contributed by atoms with Crippen molar-refractivity contribution in [2.75, 3.05) is 12.4 Å². The van der Waals surface area contributed by atoms with Gasteiger partial charge in [-0.3, -0.25) is 4.79 Å². The Kier molecular flexibility index (Phi) is 7.57. The molecule has 0 radical (unpaired) electrons. The quantitative estimate of drug-likeness (QED) is 0.292. The van der Waals surface area contributed by atoms with Crippen LogP contribution in [0.15, 0.2) is 48.3 Å². The van der Waals surface area contributed by atoms with Crippen molar-refractivity contribution in [2.24, 2.45) is 17.8 Å². The normalized spacial score (nSPS) is 22.3. The number of carbonyl (C=O) groups excluding carboxylic acids is 1. The number of fused-ring (bicyclic) bond motifs is 4. The van der Waals surface area contributed by atoms with Gasteiger partial charge in [-0.1, -0.05) is 12.7 Å². The number of carbonyl (C=O) groups is 1. The molecule has 6 rings (SSSR count). The van der Waals surface area contributed by atoms with Crippen molar-refractivity contribution in [1.29, 1.82) is 5.26 Å². The number of hydrogen-bond donors (Lipinski definition) is 1. The van der Waals surface area contributed by atoms with E-state index in [1.165, 1.54) is 25.5 Å². The molecule has 1 N–H and O–H groups in total. The van der Waals surface area contributed by atoms with Gasteiger partial charge < -0.3 is 10.1 Å². The van der Waals surface area contributed by atoms with E-state index >= 15 is 0 Å². The third-order valence-electron chi connectivity index (χ3n) is 8.03. The molecule has 0 spiro atoms. The van der Waals surface area contributed by atoms with Crippen LogP contribution in [0.2, 0.25) is 0 Å². The van der Waals surface area contributed by atoms with Gasteiger partial charge >= 0.3 is 12.1 Å². The van der Waals surface area contributed by atoms with Gasteiger partial charge in [0.1, 0.15) is 6.07 Å². The number of allylic oxidation sites excluding steroid dienone is 2. The zero-order valence-corrected chi connectivity index (χ0v) is 23.5. The minimum absolute atomic E-state index is 0.0393. The molecule has 3 heterocycles. The lowest BCUT2D eigenvalue weighted by molar-refractivity contribution is -0.152. The molecule has 2 atom stereocenters. The van der Waals surface area contributed by atoms with Gasteiger partial charge in [0.05, 0.1) is 41.0 Å². The molecule has 0 aromatic carbocycles. The third-order valence-corrected chi connectivity index (χ3v) is 9.63. The van der Waals surface area contributed by atoms with E-state index in [9.17, 15) is 31.6 Å². The van der Waals surface area contributed by atoms with Crippen LogP contribution in [0.5, 0.6) is 0 Å². The van der Waals surface area contributed by atoms with Crippen LogP contribution in [0, 0.1) is 29.1 Å². The number of nitrogens with zero attached hydrogens (tertiary/aromatic N) is 5. The molecule has 2 unspecified atom stereocenters. The zero-order valence-electron chi connectivity index (χ0n) is 22.7. The Balaban J connectivity index is 1.67. The van der Waals surface area contributed by atoms with Gasteiger partial charge in [-0.05, 0) is 56.6 Å². The molecule has 3 aromatic rings. The summed E-state index contributed by atoms with van der Waals surface area (Å²) in [7, 11) is -3.01. The van der Waals surface area contributed by atoms with E-state index < -0.39 is 27.7 Å². The van der Waals surface area contributed by atoms with Gasteiger partial charge in [0.15, 0.2) is 5.65 Å². The molecule has 10 nitrogen and oxygen atoms in total. The minimum atomic E-state index is -4.77. The second-order valence-corrected chi connectivity index (χ2v) is 12.2. The minimum Gasteiger partial charge on any atom is -0.469 e. The Labute approximate surface area is 240 Å². The standard InChI is InChI=1S/C28H27F3N6O4S/c1-4-5-15(2)42(39,40)37-14-21(20-10-19(28(29,30)31)13-33-25(20)37)23-18(11-32)12-34-27(35-23)36-24-17-8-6-16(7-9-17)22(24)26(38)41-3/h4-5,10,12-14,16-17,22,24H,2,6-9H2,1,3H3,(H,34,35,36). The van der Waals surface area contributed by atoms with Gasteiger partial charge in [0.25, 0.3) is 10.0 Å². The Morgan fingerprint density at radius 3 is 2.52 bits per heavy atom. The van der Waals surface area contributed by atoms with E-state index in [4.69, 9.17) is 4.74 Å². The highest BCUT2D eigenvalue weighted by atomic mass is 32.2. The lowest BCUT2D eigenvalue weighted by Gasteiger charge is -2.47. The molecule has 3 fully saturated rings. The Hall–Kier alpha value is -4.25. The number of halogens is 3. The number of hydrogen-bond acceptors (Lipinski definition) is 9. The first-order valence-electron chi connectivity index (χ1n) is 13.2. The van der Waals surface area contributed by atoms with Crippen LogP contribution in [0.3, 0.4) is 0 Å². The molecule has 2 bridgehead atoms. The summed E-state index contributed by atoms with van der Waals surface area (Å²) in [5.74, 6) is -0.481. The fraction of sp³-hybridized carbons (Fsp3) is 0.393. The lowest BCUT2D eigenvalue weighted by Crippen LogP contribution is -2.52. The van der Waals surface area contributed by atoms with Gasteiger partial charge in [-0.2, -0.15) is 18.4 Å². The average molecular weight is 601 g/mol. The SMILES string of the molecule is C=C(C=CC)S(=O)(=O)n1cc(-c2nc(NC3C4CCC(CC4)C3C(=O)OC)ncc2C#N)c2cc(C(F)(F)F)cnc21. The molecule has 0 amide bonds. The van der Waals surface area contributed by atoms with Gasteiger partial charge in [-0.15, -0.1) is 0 Å². The van der Waals surface area contributed by atoms with Crippen molar-refractivity contribution in [3.05, 3.63) is 59.4 Å². The predicted octanol–water partition coefficient (Wildman–Crippen LogP) is 5.04. The molecule has 14 heteroatoms. The zero-order chi connectivity index (χ0) is 30.4. The van der Waals surface area contributed by atoms with E-state index in [2.05, 4.69) is 26.8 Å². The van der Waals surface area contributed by atoms with E-state index in [-0.39, 0.29) is 62.6 Å². The van der Waals surface area contributed by atoms with Crippen molar-refractivity contribution in [3.63, 3.8) is 0 Å². The maximum Gasteiger partial charge on any atom is 0.417 e. The third kappa shape index (κ3) is 5.02. The number of alkyl halides is 3. The Morgan fingerprint density at radius 2 is 1.90 bits per heavy atom. The Bertz CT molecular complexity index is 1750. The number of pyridine rings is 1. The molecular formula is C28H27F3N6O4S. The summed E-state index contributed by atoms with van der Waals surface area (Å²) in [6, 6.07) is 2.35. The number of nitriles is 1. The average Bonchev–Trinajstić information content (AvgIpc) is 3.36. The molecule has 3 aliphatic carbocycles. The molecule has 3 saturated carbocycles. The predicted molar refractivity (Wildman–Crippen MR) is 147 cm³/mol. The van der Waals surface area contributed by atoms with E-state index in [1.807, 2.05) is 6.07 Å². The monoisotopic (exact) mass is 600 g/mol. The van der Waals surface area contributed by atoms with E-state index in [0.29, 0.717) is 6.20 Å². The van der Waals surface area contributed by atoms with E-state index in [0.717, 1.165) is 41.9 Å². The molecule has 3 aromatic heterocycles. The maximum atomic E-state index is 13.7. The van der Waals surface area contributed by atoms with Gasteiger partial charge in [0, 0.05) is 29.4 Å². The van der Waals surface area contributed by atoms with Crippen molar-refractivity contribution >= 4 is 33.0 Å². The topological polar surface area (TPSA) is 140 Å². The van der Waals surface area contributed by atoms with Crippen LogP contribution in [-0.4, -0.2) is 46.5 Å². The van der Waals surface area contributed by atoms with Crippen LogP contribution in [0.1, 0.15) is 43.7 Å². The number of nitrogens with one attached hydrogen (secondary N) is 1. The highest BCUT2D eigenvalue weighted by Gasteiger charge is 2.48. The maximum absolute atomic E-state index is 13.7. The first-order chi connectivity index (χ1) is 19.9. The summed E-state index contributed by atoms with van der Waals surface area (Å²) in [5.41, 5.74) is -1.67. The second-order valence-electron chi connectivity index (χ2n) is 10.4. The summed E-state index contributed by atoms with van der Waals surface area (Å²) in [6.07, 6.45) is 4.33. The van der Waals surface area contributed by atoms with Crippen LogP contribution in [-0.2, 0) is 25.7 Å². The number of ether oxygens (including phenoxy) is 1. The van der Waals surface area contributed by atoms with Crippen molar-refractivity contribution in [3.8, 4) is 17.3 Å². The number of methoxy groups -OCH3 is 1.